The first-order valence-corrected chi connectivity index (χ1v) is 7.83. The number of hydrazone groups is 1. The van der Waals surface area contributed by atoms with Crippen molar-refractivity contribution in [3.8, 4) is 0 Å². The predicted octanol–water partition coefficient (Wildman–Crippen LogP) is 4.77. The first-order chi connectivity index (χ1) is 11.5. The summed E-state index contributed by atoms with van der Waals surface area (Å²) in [5.74, 6) is -0.245. The van der Waals surface area contributed by atoms with E-state index in [0.29, 0.717) is 11.5 Å². The van der Waals surface area contributed by atoms with Gasteiger partial charge in [-0.2, -0.15) is 5.10 Å². The lowest BCUT2D eigenvalue weighted by atomic mass is 10.0. The maximum absolute atomic E-state index is 12.8. The van der Waals surface area contributed by atoms with Crippen LogP contribution in [0.5, 0.6) is 0 Å². The molecule has 2 rings (SSSR count). The van der Waals surface area contributed by atoms with Crippen LogP contribution >= 0.6 is 0 Å². The minimum absolute atomic E-state index is 0.361. The van der Waals surface area contributed by atoms with Gasteiger partial charge in [0.2, 0.25) is 0 Å². The zero-order valence-corrected chi connectivity index (χ0v) is 14.1. The lowest BCUT2D eigenvalue weighted by molar-refractivity contribution is 0.0955. The molecule has 0 spiro atoms. The SMILES string of the molecule is CC(/C=N/NC(=O)c1ccc(F)cc1)=C\c1ccc(C(C)C)cc1. The van der Waals surface area contributed by atoms with Crippen molar-refractivity contribution in [1.82, 2.24) is 5.43 Å². The number of carbonyl (C=O) groups excluding carboxylic acids is 1. The molecule has 0 unspecified atom stereocenters. The van der Waals surface area contributed by atoms with Gasteiger partial charge in [0.25, 0.3) is 5.91 Å². The minimum atomic E-state index is -0.377. The minimum Gasteiger partial charge on any atom is -0.267 e. The van der Waals surface area contributed by atoms with Crippen molar-refractivity contribution in [1.29, 1.82) is 0 Å². The molecule has 4 heteroatoms. The van der Waals surface area contributed by atoms with Crippen LogP contribution in [-0.4, -0.2) is 12.1 Å². The fourth-order valence-corrected chi connectivity index (χ4v) is 2.14. The molecule has 24 heavy (non-hydrogen) atoms. The van der Waals surface area contributed by atoms with Gasteiger partial charge in [-0.15, -0.1) is 0 Å². The van der Waals surface area contributed by atoms with E-state index in [1.807, 2.05) is 13.0 Å². The predicted molar refractivity (Wildman–Crippen MR) is 96.5 cm³/mol. The third-order valence-corrected chi connectivity index (χ3v) is 3.54. The molecule has 0 saturated heterocycles. The van der Waals surface area contributed by atoms with Crippen molar-refractivity contribution in [3.63, 3.8) is 0 Å². The first-order valence-electron chi connectivity index (χ1n) is 7.83. The van der Waals surface area contributed by atoms with Gasteiger partial charge in [0, 0.05) is 5.56 Å². The van der Waals surface area contributed by atoms with Crippen LogP contribution < -0.4 is 5.43 Å². The topological polar surface area (TPSA) is 41.5 Å². The monoisotopic (exact) mass is 324 g/mol. The van der Waals surface area contributed by atoms with Crippen LogP contribution in [0, 0.1) is 5.82 Å². The Hall–Kier alpha value is -2.75. The summed E-state index contributed by atoms with van der Waals surface area (Å²) < 4.78 is 12.8. The third kappa shape index (κ3) is 5.16. The van der Waals surface area contributed by atoms with Gasteiger partial charge in [-0.1, -0.05) is 44.2 Å². The zero-order chi connectivity index (χ0) is 17.5. The van der Waals surface area contributed by atoms with Crippen LogP contribution in [0.4, 0.5) is 4.39 Å². The largest absolute Gasteiger partial charge is 0.271 e. The maximum atomic E-state index is 12.8. The van der Waals surface area contributed by atoms with Crippen molar-refractivity contribution in [3.05, 3.63) is 76.6 Å². The molecule has 0 heterocycles. The van der Waals surface area contributed by atoms with E-state index >= 15 is 0 Å². The van der Waals surface area contributed by atoms with Gasteiger partial charge >= 0.3 is 0 Å². The Morgan fingerprint density at radius 2 is 1.71 bits per heavy atom. The second kappa shape index (κ2) is 8.20. The number of hydrogen-bond acceptors (Lipinski definition) is 2. The number of halogens is 1. The van der Waals surface area contributed by atoms with Crippen LogP contribution in [0.25, 0.3) is 6.08 Å². The Bertz CT molecular complexity index is 744. The van der Waals surface area contributed by atoms with Gasteiger partial charge in [0.1, 0.15) is 5.82 Å². The molecule has 1 amide bonds. The molecule has 0 bridgehead atoms. The summed E-state index contributed by atoms with van der Waals surface area (Å²) in [6, 6.07) is 13.6. The van der Waals surface area contributed by atoms with E-state index in [-0.39, 0.29) is 11.7 Å². The van der Waals surface area contributed by atoms with Crippen LogP contribution in [-0.2, 0) is 0 Å². The summed E-state index contributed by atoms with van der Waals surface area (Å²) in [4.78, 5) is 11.8. The van der Waals surface area contributed by atoms with Crippen LogP contribution in [0.2, 0.25) is 0 Å². The third-order valence-electron chi connectivity index (χ3n) is 3.54. The van der Waals surface area contributed by atoms with Gasteiger partial charge in [-0.3, -0.25) is 4.79 Å². The first kappa shape index (κ1) is 17.6. The molecule has 0 radical (unpaired) electrons. The summed E-state index contributed by atoms with van der Waals surface area (Å²) >= 11 is 0. The Labute approximate surface area is 141 Å². The van der Waals surface area contributed by atoms with E-state index in [1.54, 1.807) is 6.21 Å². The number of rotatable bonds is 5. The molecule has 2 aromatic carbocycles. The van der Waals surface area contributed by atoms with Gasteiger partial charge in [0.05, 0.1) is 6.21 Å². The fourth-order valence-electron chi connectivity index (χ4n) is 2.14. The highest BCUT2D eigenvalue weighted by molar-refractivity contribution is 5.95. The average Bonchev–Trinajstić information content (AvgIpc) is 2.55. The van der Waals surface area contributed by atoms with Crippen LogP contribution in [0.3, 0.4) is 0 Å². The van der Waals surface area contributed by atoms with Crippen molar-refractivity contribution >= 4 is 18.2 Å². The molecular formula is C20H21FN2O. The summed E-state index contributed by atoms with van der Waals surface area (Å²) in [6.07, 6.45) is 3.56. The number of allylic oxidation sites excluding steroid dienone is 1. The van der Waals surface area contributed by atoms with E-state index in [2.05, 4.69) is 48.6 Å². The average molecular weight is 324 g/mol. The van der Waals surface area contributed by atoms with Crippen molar-refractivity contribution in [2.24, 2.45) is 5.10 Å². The van der Waals surface area contributed by atoms with Crippen molar-refractivity contribution < 1.29 is 9.18 Å². The molecule has 3 nitrogen and oxygen atoms in total. The molecule has 0 atom stereocenters. The number of nitrogens with zero attached hydrogens (tertiary/aromatic N) is 1. The van der Waals surface area contributed by atoms with Gasteiger partial charge in [-0.25, -0.2) is 9.82 Å². The fraction of sp³-hybridized carbons (Fsp3) is 0.200. The molecule has 1 N–H and O–H groups in total. The Balaban J connectivity index is 1.95. The Kier molecular flexibility index (Phi) is 6.01. The number of benzene rings is 2. The maximum Gasteiger partial charge on any atom is 0.271 e. The number of hydrogen-bond donors (Lipinski definition) is 1. The Morgan fingerprint density at radius 3 is 2.29 bits per heavy atom. The van der Waals surface area contributed by atoms with Gasteiger partial charge in [0.15, 0.2) is 0 Å². The number of carbonyl (C=O) groups is 1. The highest BCUT2D eigenvalue weighted by atomic mass is 19.1. The normalized spacial score (nSPS) is 12.0. The summed E-state index contributed by atoms with van der Waals surface area (Å²) in [5.41, 5.74) is 6.07. The molecule has 124 valence electrons. The van der Waals surface area contributed by atoms with Crippen molar-refractivity contribution in [2.75, 3.05) is 0 Å². The van der Waals surface area contributed by atoms with E-state index in [4.69, 9.17) is 0 Å². The molecule has 2 aromatic rings. The smallest absolute Gasteiger partial charge is 0.267 e. The molecule has 0 aliphatic carbocycles. The van der Waals surface area contributed by atoms with E-state index in [9.17, 15) is 9.18 Å². The summed E-state index contributed by atoms with van der Waals surface area (Å²) in [5, 5.41) is 3.93. The summed E-state index contributed by atoms with van der Waals surface area (Å²) in [6.45, 7) is 6.23. The van der Waals surface area contributed by atoms with E-state index in [0.717, 1.165) is 11.1 Å². The van der Waals surface area contributed by atoms with Gasteiger partial charge in [-0.05, 0) is 53.8 Å². The highest BCUT2D eigenvalue weighted by Crippen LogP contribution is 2.15. The molecule has 0 aliphatic heterocycles. The quantitative estimate of drug-likeness (QED) is 0.625. The molecular weight excluding hydrogens is 303 g/mol. The second-order valence-electron chi connectivity index (χ2n) is 5.92. The van der Waals surface area contributed by atoms with E-state index < -0.39 is 0 Å². The standard InChI is InChI=1S/C20H21FN2O/c1-14(2)17-6-4-16(5-7-17)12-15(3)13-22-23-20(24)18-8-10-19(21)11-9-18/h4-14H,1-3H3,(H,23,24)/b15-12+,22-13+. The number of nitrogens with one attached hydrogen (secondary N) is 1. The summed E-state index contributed by atoms with van der Waals surface area (Å²) in [7, 11) is 0. The van der Waals surface area contributed by atoms with E-state index in [1.165, 1.54) is 29.8 Å². The van der Waals surface area contributed by atoms with Crippen LogP contribution in [0.15, 0.2) is 59.2 Å². The van der Waals surface area contributed by atoms with Crippen LogP contribution in [0.1, 0.15) is 48.2 Å². The number of amides is 1. The lowest BCUT2D eigenvalue weighted by Crippen LogP contribution is -2.17. The molecule has 0 aliphatic rings. The van der Waals surface area contributed by atoms with Gasteiger partial charge < -0.3 is 0 Å². The molecule has 0 aromatic heterocycles. The molecule has 0 saturated carbocycles. The lowest BCUT2D eigenvalue weighted by Gasteiger charge is -2.05. The highest BCUT2D eigenvalue weighted by Gasteiger charge is 2.03. The Morgan fingerprint density at radius 1 is 1.08 bits per heavy atom. The molecule has 0 fully saturated rings. The van der Waals surface area contributed by atoms with Crippen molar-refractivity contribution in [2.45, 2.75) is 26.7 Å². The second-order valence-corrected chi connectivity index (χ2v) is 5.92. The zero-order valence-electron chi connectivity index (χ0n) is 14.1.